The lowest BCUT2D eigenvalue weighted by atomic mass is 10.4. The Kier molecular flexibility index (Phi) is 7.48. The van der Waals surface area contributed by atoms with Crippen LogP contribution in [-0.2, 0) is 9.59 Å². The van der Waals surface area contributed by atoms with Crippen molar-refractivity contribution in [2.24, 2.45) is 0 Å². The van der Waals surface area contributed by atoms with E-state index < -0.39 is 0 Å². The minimum atomic E-state index is -0.0710. The van der Waals surface area contributed by atoms with Gasteiger partial charge in [0.2, 0.25) is 11.8 Å². The minimum absolute atomic E-state index is 0.0414. The van der Waals surface area contributed by atoms with E-state index in [-0.39, 0.29) is 11.8 Å². The quantitative estimate of drug-likeness (QED) is 0.598. The van der Waals surface area contributed by atoms with E-state index in [9.17, 15) is 9.59 Å². The Morgan fingerprint density at radius 3 is 2.38 bits per heavy atom. The molecule has 0 saturated carbocycles. The molecule has 2 N–H and O–H groups in total. The number of carbonyl (C=O) groups is 2. The summed E-state index contributed by atoms with van der Waals surface area (Å²) in [5.74, 6) is 0.810. The van der Waals surface area contributed by atoms with Gasteiger partial charge >= 0.3 is 0 Å². The van der Waals surface area contributed by atoms with E-state index in [1.54, 1.807) is 11.8 Å². The van der Waals surface area contributed by atoms with Gasteiger partial charge in [0.1, 0.15) is 0 Å². The Morgan fingerprint density at radius 1 is 1.23 bits per heavy atom. The summed E-state index contributed by atoms with van der Waals surface area (Å²) in [4.78, 5) is 21.4. The Morgan fingerprint density at radius 2 is 1.85 bits per heavy atom. The van der Waals surface area contributed by atoms with Gasteiger partial charge in [0.25, 0.3) is 0 Å². The number of amides is 2. The highest BCUT2D eigenvalue weighted by Gasteiger charge is 1.98. The summed E-state index contributed by atoms with van der Waals surface area (Å²) in [6, 6.07) is 0. The van der Waals surface area contributed by atoms with Gasteiger partial charge in [-0.3, -0.25) is 9.59 Å². The monoisotopic (exact) mass is 204 g/mol. The normalized spacial score (nSPS) is 9.38. The lowest BCUT2D eigenvalue weighted by Gasteiger charge is -2.04. The fourth-order valence-corrected chi connectivity index (χ4v) is 1.11. The molecule has 0 radical (unpaired) electrons. The van der Waals surface area contributed by atoms with Gasteiger partial charge in [0, 0.05) is 32.2 Å². The fourth-order valence-electron chi connectivity index (χ4n) is 0.724. The summed E-state index contributed by atoms with van der Waals surface area (Å²) in [5.41, 5.74) is 0. The number of hydrogen-bond donors (Lipinski definition) is 2. The number of nitrogens with one attached hydrogen (secondary N) is 2. The van der Waals surface area contributed by atoms with E-state index >= 15 is 0 Å². The topological polar surface area (TPSA) is 58.2 Å². The molecular formula is C8H16N2O2S. The molecule has 0 aliphatic carbocycles. The summed E-state index contributed by atoms with van der Waals surface area (Å²) in [6.45, 7) is 2.46. The molecule has 0 aromatic heterocycles. The van der Waals surface area contributed by atoms with E-state index in [0.717, 1.165) is 5.75 Å². The third-order valence-corrected chi connectivity index (χ3v) is 1.97. The molecule has 13 heavy (non-hydrogen) atoms. The molecule has 0 aromatic rings. The van der Waals surface area contributed by atoms with Crippen molar-refractivity contribution >= 4 is 23.6 Å². The fraction of sp³-hybridized carbons (Fsp3) is 0.750. The van der Waals surface area contributed by atoms with Gasteiger partial charge in [0.15, 0.2) is 0 Å². The molecule has 0 fully saturated rings. The molecule has 0 aliphatic rings. The molecule has 0 spiro atoms. The van der Waals surface area contributed by atoms with E-state index in [1.165, 1.54) is 6.92 Å². The van der Waals surface area contributed by atoms with Crippen molar-refractivity contribution in [1.82, 2.24) is 10.6 Å². The maximum Gasteiger partial charge on any atom is 0.220 e. The minimum Gasteiger partial charge on any atom is -0.355 e. The Bertz CT molecular complexity index is 174. The second kappa shape index (κ2) is 7.91. The maximum atomic E-state index is 11.0. The Hall–Kier alpha value is -0.710. The highest BCUT2D eigenvalue weighted by molar-refractivity contribution is 7.98. The Labute approximate surface area is 82.8 Å². The molecule has 0 rings (SSSR count). The summed E-state index contributed by atoms with van der Waals surface area (Å²) < 4.78 is 0. The van der Waals surface area contributed by atoms with Crippen molar-refractivity contribution < 1.29 is 9.59 Å². The van der Waals surface area contributed by atoms with Crippen LogP contribution in [0.3, 0.4) is 0 Å². The predicted molar refractivity (Wildman–Crippen MR) is 54.7 cm³/mol. The van der Waals surface area contributed by atoms with Crippen LogP contribution < -0.4 is 10.6 Å². The van der Waals surface area contributed by atoms with Crippen molar-refractivity contribution in [3.05, 3.63) is 0 Å². The van der Waals surface area contributed by atoms with Crippen LogP contribution in [0.2, 0.25) is 0 Å². The zero-order valence-electron chi connectivity index (χ0n) is 8.05. The van der Waals surface area contributed by atoms with Crippen molar-refractivity contribution in [2.45, 2.75) is 13.3 Å². The zero-order valence-corrected chi connectivity index (χ0v) is 8.87. The smallest absolute Gasteiger partial charge is 0.220 e. The van der Waals surface area contributed by atoms with Crippen molar-refractivity contribution in [3.63, 3.8) is 0 Å². The van der Waals surface area contributed by atoms with Gasteiger partial charge in [-0.15, -0.1) is 0 Å². The van der Waals surface area contributed by atoms with Gasteiger partial charge < -0.3 is 10.6 Å². The molecule has 0 aromatic carbocycles. The van der Waals surface area contributed by atoms with Gasteiger partial charge in [-0.1, -0.05) is 0 Å². The first kappa shape index (κ1) is 12.3. The van der Waals surface area contributed by atoms with Gasteiger partial charge in [-0.25, -0.2) is 0 Å². The van der Waals surface area contributed by atoms with Crippen LogP contribution in [0.1, 0.15) is 13.3 Å². The number of hydrogen-bond acceptors (Lipinski definition) is 3. The summed E-state index contributed by atoms with van der Waals surface area (Å²) >= 11 is 1.64. The maximum absolute atomic E-state index is 11.0. The van der Waals surface area contributed by atoms with E-state index in [4.69, 9.17) is 0 Å². The first-order chi connectivity index (χ1) is 6.16. The SMILES string of the molecule is CSCCC(=O)NCCNC(C)=O. The third kappa shape index (κ3) is 9.20. The van der Waals surface area contributed by atoms with Crippen molar-refractivity contribution in [3.8, 4) is 0 Å². The molecule has 0 bridgehead atoms. The standard InChI is InChI=1S/C8H16N2O2S/c1-7(11)9-4-5-10-8(12)3-6-13-2/h3-6H2,1-2H3,(H,9,11)(H,10,12). The van der Waals surface area contributed by atoms with Gasteiger partial charge in [-0.05, 0) is 6.26 Å². The lowest BCUT2D eigenvalue weighted by Crippen LogP contribution is -2.33. The third-order valence-electron chi connectivity index (χ3n) is 1.35. The Balaban J connectivity index is 3.22. The van der Waals surface area contributed by atoms with Crippen LogP contribution in [0.5, 0.6) is 0 Å². The highest BCUT2D eigenvalue weighted by Crippen LogP contribution is 1.93. The molecule has 0 atom stereocenters. The van der Waals surface area contributed by atoms with Crippen LogP contribution in [0.4, 0.5) is 0 Å². The summed E-state index contributed by atoms with van der Waals surface area (Å²) in [5, 5.41) is 5.30. The lowest BCUT2D eigenvalue weighted by molar-refractivity contribution is -0.121. The molecule has 76 valence electrons. The molecule has 0 unspecified atom stereocenters. The second-order valence-electron chi connectivity index (χ2n) is 2.58. The number of thioether (sulfide) groups is 1. The van der Waals surface area contributed by atoms with E-state index in [2.05, 4.69) is 10.6 Å². The average molecular weight is 204 g/mol. The van der Waals surface area contributed by atoms with Crippen LogP contribution in [0.15, 0.2) is 0 Å². The number of rotatable bonds is 6. The predicted octanol–water partition coefficient (Wildman–Crippen LogP) is -0.00820. The average Bonchev–Trinajstić information content (AvgIpc) is 2.08. The van der Waals surface area contributed by atoms with Crippen LogP contribution in [0.25, 0.3) is 0 Å². The number of carbonyl (C=O) groups excluding carboxylic acids is 2. The molecule has 0 aliphatic heterocycles. The zero-order chi connectivity index (χ0) is 10.1. The van der Waals surface area contributed by atoms with Crippen molar-refractivity contribution in [1.29, 1.82) is 0 Å². The van der Waals surface area contributed by atoms with Crippen LogP contribution in [-0.4, -0.2) is 36.9 Å². The largest absolute Gasteiger partial charge is 0.355 e. The van der Waals surface area contributed by atoms with E-state index in [1.807, 2.05) is 6.26 Å². The highest BCUT2D eigenvalue weighted by atomic mass is 32.2. The van der Waals surface area contributed by atoms with E-state index in [0.29, 0.717) is 19.5 Å². The molecule has 4 nitrogen and oxygen atoms in total. The first-order valence-electron chi connectivity index (χ1n) is 4.17. The van der Waals surface area contributed by atoms with Crippen molar-refractivity contribution in [2.75, 3.05) is 25.1 Å². The van der Waals surface area contributed by atoms with Gasteiger partial charge in [-0.2, -0.15) is 11.8 Å². The van der Waals surface area contributed by atoms with Gasteiger partial charge in [0.05, 0.1) is 0 Å². The second-order valence-corrected chi connectivity index (χ2v) is 3.56. The summed E-state index contributed by atoms with van der Waals surface area (Å²) in [7, 11) is 0. The van der Waals surface area contributed by atoms with Crippen LogP contribution >= 0.6 is 11.8 Å². The molecule has 5 heteroatoms. The molecule has 0 saturated heterocycles. The van der Waals surface area contributed by atoms with Crippen LogP contribution in [0, 0.1) is 0 Å². The summed E-state index contributed by atoms with van der Waals surface area (Å²) in [6.07, 6.45) is 2.51. The molecule has 0 heterocycles. The molecule has 2 amide bonds. The molecular weight excluding hydrogens is 188 g/mol. The first-order valence-corrected chi connectivity index (χ1v) is 5.56.